The molecule has 3 nitrogen and oxygen atoms in total. The molecule has 2 aliphatic rings. The van der Waals surface area contributed by atoms with Gasteiger partial charge in [-0.2, -0.15) is 0 Å². The summed E-state index contributed by atoms with van der Waals surface area (Å²) in [5.41, 5.74) is 3.89. The average Bonchev–Trinajstić information content (AvgIpc) is 2.37. The van der Waals surface area contributed by atoms with Crippen LogP contribution in [0.4, 0.5) is 11.4 Å². The second-order valence-corrected chi connectivity index (χ2v) is 7.16. The minimum atomic E-state index is 0.0447. The van der Waals surface area contributed by atoms with Crippen molar-refractivity contribution in [1.29, 1.82) is 0 Å². The molecular formula is C17H24N2O. The molecule has 3 rings (SSSR count). The van der Waals surface area contributed by atoms with Crippen LogP contribution in [0.5, 0.6) is 0 Å². The highest BCUT2D eigenvalue weighted by molar-refractivity contribution is 5.98. The molecule has 0 aromatic heterocycles. The van der Waals surface area contributed by atoms with Crippen molar-refractivity contribution in [1.82, 2.24) is 0 Å². The highest BCUT2D eigenvalue weighted by atomic mass is 16.2. The molecule has 0 fully saturated rings. The van der Waals surface area contributed by atoms with E-state index in [0.717, 1.165) is 31.7 Å². The Hall–Kier alpha value is -1.51. The number of hydrogen-bond donors (Lipinski definition) is 0. The van der Waals surface area contributed by atoms with Crippen molar-refractivity contribution in [3.63, 3.8) is 0 Å². The number of rotatable bonds is 1. The van der Waals surface area contributed by atoms with Gasteiger partial charge in [-0.1, -0.05) is 32.9 Å². The molecule has 2 aliphatic heterocycles. The van der Waals surface area contributed by atoms with Gasteiger partial charge in [0.15, 0.2) is 0 Å². The Kier molecular flexibility index (Phi) is 3.23. The lowest BCUT2D eigenvalue weighted by Crippen LogP contribution is -2.46. The number of carbonyl (C=O) groups is 1. The predicted molar refractivity (Wildman–Crippen MR) is 83.4 cm³/mol. The van der Waals surface area contributed by atoms with Crippen LogP contribution in [0.3, 0.4) is 0 Å². The minimum absolute atomic E-state index is 0.0447. The van der Waals surface area contributed by atoms with E-state index in [0.29, 0.717) is 6.42 Å². The Bertz CT molecular complexity index is 530. The van der Waals surface area contributed by atoms with Crippen LogP contribution in [0, 0.1) is 5.41 Å². The lowest BCUT2D eigenvalue weighted by atomic mass is 9.91. The molecular weight excluding hydrogens is 248 g/mol. The van der Waals surface area contributed by atoms with E-state index in [4.69, 9.17) is 0 Å². The summed E-state index contributed by atoms with van der Waals surface area (Å²) in [6.07, 6.45) is 2.98. The molecule has 3 heteroatoms. The molecule has 0 atom stereocenters. The van der Waals surface area contributed by atoms with E-state index in [-0.39, 0.29) is 11.3 Å². The van der Waals surface area contributed by atoms with E-state index < -0.39 is 0 Å². The second kappa shape index (κ2) is 4.80. The van der Waals surface area contributed by atoms with E-state index in [1.165, 1.54) is 17.7 Å². The number of nitrogens with zero attached hydrogens (tertiary/aromatic N) is 2. The smallest absolute Gasteiger partial charge is 0.227 e. The Labute approximate surface area is 121 Å². The van der Waals surface area contributed by atoms with Crippen LogP contribution in [0.2, 0.25) is 0 Å². The quantitative estimate of drug-likeness (QED) is 0.783. The van der Waals surface area contributed by atoms with Gasteiger partial charge in [0.2, 0.25) is 5.91 Å². The van der Waals surface area contributed by atoms with Crippen molar-refractivity contribution >= 4 is 17.3 Å². The van der Waals surface area contributed by atoms with Gasteiger partial charge >= 0.3 is 0 Å². The van der Waals surface area contributed by atoms with Crippen LogP contribution in [-0.4, -0.2) is 25.5 Å². The van der Waals surface area contributed by atoms with Gasteiger partial charge in [-0.3, -0.25) is 4.79 Å². The fraction of sp³-hybridized carbons (Fsp3) is 0.588. The van der Waals surface area contributed by atoms with Gasteiger partial charge < -0.3 is 9.80 Å². The third-order valence-electron chi connectivity index (χ3n) is 4.16. The Morgan fingerprint density at radius 1 is 1.20 bits per heavy atom. The average molecular weight is 272 g/mol. The maximum atomic E-state index is 12.6. The molecule has 2 heterocycles. The van der Waals surface area contributed by atoms with Gasteiger partial charge in [-0.15, -0.1) is 0 Å². The topological polar surface area (TPSA) is 23.6 Å². The maximum absolute atomic E-state index is 12.6. The number of amides is 1. The van der Waals surface area contributed by atoms with E-state index >= 15 is 0 Å². The van der Waals surface area contributed by atoms with Gasteiger partial charge in [-0.05, 0) is 29.9 Å². The summed E-state index contributed by atoms with van der Waals surface area (Å²) in [7, 11) is 0. The van der Waals surface area contributed by atoms with Crippen molar-refractivity contribution in [2.24, 2.45) is 5.41 Å². The number of hydrogen-bond acceptors (Lipinski definition) is 2. The van der Waals surface area contributed by atoms with Gasteiger partial charge in [-0.25, -0.2) is 0 Å². The van der Waals surface area contributed by atoms with Crippen molar-refractivity contribution in [3.05, 3.63) is 23.8 Å². The zero-order valence-corrected chi connectivity index (χ0v) is 12.8. The van der Waals surface area contributed by atoms with Gasteiger partial charge in [0.25, 0.3) is 0 Å². The normalized spacial score (nSPS) is 17.9. The molecule has 1 aromatic carbocycles. The Morgan fingerprint density at radius 2 is 2.00 bits per heavy atom. The first kappa shape index (κ1) is 13.5. The fourth-order valence-corrected chi connectivity index (χ4v) is 3.31. The molecule has 0 saturated carbocycles. The standard InChI is InChI=1S/C17H24N2O/c1-17(2,3)12-15(20)19-11-10-18-9-5-7-13-6-4-8-14(19)16(13)18/h4,6,8H,5,7,9-12H2,1-3H3. The molecule has 0 N–H and O–H groups in total. The lowest BCUT2D eigenvalue weighted by molar-refractivity contribution is -0.120. The summed E-state index contributed by atoms with van der Waals surface area (Å²) >= 11 is 0. The van der Waals surface area contributed by atoms with E-state index in [1.807, 2.05) is 4.90 Å². The van der Waals surface area contributed by atoms with Crippen molar-refractivity contribution in [2.45, 2.75) is 40.0 Å². The van der Waals surface area contributed by atoms with Crippen LogP contribution in [0.25, 0.3) is 0 Å². The van der Waals surface area contributed by atoms with Gasteiger partial charge in [0.05, 0.1) is 11.4 Å². The number of aryl methyl sites for hydroxylation is 1. The van der Waals surface area contributed by atoms with Crippen LogP contribution in [0.1, 0.15) is 39.2 Å². The number of benzene rings is 1. The molecule has 0 aliphatic carbocycles. The molecule has 0 radical (unpaired) electrons. The van der Waals surface area contributed by atoms with Crippen LogP contribution in [0.15, 0.2) is 18.2 Å². The third kappa shape index (κ3) is 2.41. The third-order valence-corrected chi connectivity index (χ3v) is 4.16. The lowest BCUT2D eigenvalue weighted by Gasteiger charge is -2.42. The Balaban J connectivity index is 1.94. The monoisotopic (exact) mass is 272 g/mol. The van der Waals surface area contributed by atoms with Crippen molar-refractivity contribution < 1.29 is 4.79 Å². The van der Waals surface area contributed by atoms with E-state index in [1.54, 1.807) is 0 Å². The highest BCUT2D eigenvalue weighted by Gasteiger charge is 2.31. The first-order chi connectivity index (χ1) is 9.46. The molecule has 0 unspecified atom stereocenters. The summed E-state index contributed by atoms with van der Waals surface area (Å²) in [4.78, 5) is 17.1. The minimum Gasteiger partial charge on any atom is -0.368 e. The summed E-state index contributed by atoms with van der Waals surface area (Å²) in [6.45, 7) is 9.31. The largest absolute Gasteiger partial charge is 0.368 e. The zero-order chi connectivity index (χ0) is 14.3. The zero-order valence-electron chi connectivity index (χ0n) is 12.8. The predicted octanol–water partition coefficient (Wildman–Crippen LogP) is 3.22. The number of carbonyl (C=O) groups excluding carboxylic acids is 1. The van der Waals surface area contributed by atoms with E-state index in [9.17, 15) is 4.79 Å². The Morgan fingerprint density at radius 3 is 2.75 bits per heavy atom. The molecule has 0 spiro atoms. The van der Waals surface area contributed by atoms with Crippen LogP contribution in [-0.2, 0) is 11.2 Å². The molecule has 108 valence electrons. The molecule has 0 saturated heterocycles. The van der Waals surface area contributed by atoms with E-state index in [2.05, 4.69) is 43.9 Å². The molecule has 1 aromatic rings. The SMILES string of the molecule is CC(C)(C)CC(=O)N1CCN2CCCc3cccc1c32. The number of para-hydroxylation sites is 1. The van der Waals surface area contributed by atoms with Crippen LogP contribution < -0.4 is 9.80 Å². The summed E-state index contributed by atoms with van der Waals surface area (Å²) in [5.74, 6) is 0.260. The first-order valence-corrected chi connectivity index (χ1v) is 7.63. The summed E-state index contributed by atoms with van der Waals surface area (Å²) in [6, 6.07) is 6.42. The fourth-order valence-electron chi connectivity index (χ4n) is 3.31. The van der Waals surface area contributed by atoms with Gasteiger partial charge in [0.1, 0.15) is 0 Å². The maximum Gasteiger partial charge on any atom is 0.227 e. The highest BCUT2D eigenvalue weighted by Crippen LogP contribution is 2.40. The van der Waals surface area contributed by atoms with Crippen LogP contribution >= 0.6 is 0 Å². The number of anilines is 2. The summed E-state index contributed by atoms with van der Waals surface area (Å²) in [5, 5.41) is 0. The van der Waals surface area contributed by atoms with Crippen molar-refractivity contribution in [3.8, 4) is 0 Å². The molecule has 1 amide bonds. The van der Waals surface area contributed by atoms with Gasteiger partial charge in [0, 0.05) is 26.1 Å². The summed E-state index contributed by atoms with van der Waals surface area (Å²) < 4.78 is 0. The molecule has 20 heavy (non-hydrogen) atoms. The molecule has 0 bridgehead atoms. The second-order valence-electron chi connectivity index (χ2n) is 7.16. The first-order valence-electron chi connectivity index (χ1n) is 7.63. The van der Waals surface area contributed by atoms with Crippen molar-refractivity contribution in [2.75, 3.05) is 29.4 Å².